The minimum absolute atomic E-state index is 0.196. The third-order valence-corrected chi connectivity index (χ3v) is 3.77. The van der Waals surface area contributed by atoms with Gasteiger partial charge < -0.3 is 5.32 Å². The van der Waals surface area contributed by atoms with Crippen LogP contribution in [0.2, 0.25) is 0 Å². The van der Waals surface area contributed by atoms with Gasteiger partial charge in [0.1, 0.15) is 12.1 Å². The van der Waals surface area contributed by atoms with Crippen molar-refractivity contribution < 1.29 is 4.39 Å². The molecule has 0 saturated carbocycles. The molecule has 3 nitrogen and oxygen atoms in total. The summed E-state index contributed by atoms with van der Waals surface area (Å²) in [6.45, 7) is 2.95. The van der Waals surface area contributed by atoms with Crippen LogP contribution in [0, 0.1) is 5.82 Å². The first-order chi connectivity index (χ1) is 9.29. The van der Waals surface area contributed by atoms with E-state index in [1.807, 2.05) is 12.4 Å². The molecule has 2 rings (SSSR count). The lowest BCUT2D eigenvalue weighted by atomic mass is 10.2. The lowest BCUT2D eigenvalue weighted by molar-refractivity contribution is 0.601. The van der Waals surface area contributed by atoms with Crippen molar-refractivity contribution >= 4 is 11.8 Å². The van der Waals surface area contributed by atoms with Crippen LogP contribution in [0.5, 0.6) is 0 Å². The van der Waals surface area contributed by atoms with E-state index >= 15 is 0 Å². The van der Waals surface area contributed by atoms with E-state index in [9.17, 15) is 4.39 Å². The summed E-state index contributed by atoms with van der Waals surface area (Å²) in [6, 6.07) is 6.75. The molecule has 0 amide bonds. The molecule has 19 heavy (non-hydrogen) atoms. The summed E-state index contributed by atoms with van der Waals surface area (Å²) < 4.78 is 12.8. The van der Waals surface area contributed by atoms with Crippen molar-refractivity contribution in [2.45, 2.75) is 17.9 Å². The molecule has 1 aromatic heterocycles. The summed E-state index contributed by atoms with van der Waals surface area (Å²) in [4.78, 5) is 9.15. The van der Waals surface area contributed by atoms with Gasteiger partial charge in [-0.1, -0.05) is 6.92 Å². The number of hydrogen-bond acceptors (Lipinski definition) is 4. The molecule has 1 aromatic carbocycles. The van der Waals surface area contributed by atoms with E-state index in [1.165, 1.54) is 18.5 Å². The van der Waals surface area contributed by atoms with Crippen LogP contribution in [0.4, 0.5) is 4.39 Å². The van der Waals surface area contributed by atoms with Gasteiger partial charge in [0.25, 0.3) is 0 Å². The topological polar surface area (TPSA) is 37.8 Å². The highest BCUT2D eigenvalue weighted by atomic mass is 32.2. The fourth-order valence-corrected chi connectivity index (χ4v) is 2.72. The van der Waals surface area contributed by atoms with Gasteiger partial charge in [-0.25, -0.2) is 14.4 Å². The molecule has 1 atom stereocenters. The summed E-state index contributed by atoms with van der Waals surface area (Å²) in [5, 5.41) is 3.41. The molecule has 1 N–H and O–H groups in total. The number of aromatic nitrogens is 2. The number of benzene rings is 1. The number of halogens is 1. The molecule has 0 radical (unpaired) electrons. The maximum absolute atomic E-state index is 12.8. The Hall–Kier alpha value is -1.46. The van der Waals surface area contributed by atoms with E-state index in [0.29, 0.717) is 0 Å². The van der Waals surface area contributed by atoms with Crippen LogP contribution in [-0.2, 0) is 0 Å². The Kier molecular flexibility index (Phi) is 5.30. The highest BCUT2D eigenvalue weighted by Crippen LogP contribution is 2.24. The predicted molar refractivity (Wildman–Crippen MR) is 75.6 cm³/mol. The minimum Gasteiger partial charge on any atom is -0.309 e. The second kappa shape index (κ2) is 7.21. The third kappa shape index (κ3) is 4.29. The van der Waals surface area contributed by atoms with Gasteiger partial charge in [-0.05, 0) is 30.8 Å². The van der Waals surface area contributed by atoms with Crippen molar-refractivity contribution in [3.8, 4) is 0 Å². The first-order valence-corrected chi connectivity index (χ1v) is 7.15. The monoisotopic (exact) mass is 277 g/mol. The standard InChI is InChI=1S/C14H16FN3S/c1-2-18-14(11-7-16-10-17-8-11)9-19-13-5-3-12(15)4-6-13/h3-8,10,14,18H,2,9H2,1H3. The molecular formula is C14H16FN3S. The van der Waals surface area contributed by atoms with Crippen LogP contribution >= 0.6 is 11.8 Å². The van der Waals surface area contributed by atoms with Crippen LogP contribution in [0.1, 0.15) is 18.5 Å². The molecule has 0 aliphatic carbocycles. The molecule has 0 fully saturated rings. The quantitative estimate of drug-likeness (QED) is 0.824. The van der Waals surface area contributed by atoms with Crippen LogP contribution in [-0.4, -0.2) is 22.3 Å². The van der Waals surface area contributed by atoms with Crippen molar-refractivity contribution in [3.05, 3.63) is 54.4 Å². The van der Waals surface area contributed by atoms with Crippen LogP contribution in [0.3, 0.4) is 0 Å². The Labute approximate surface area is 116 Å². The molecule has 0 aliphatic heterocycles. The normalized spacial score (nSPS) is 12.3. The second-order valence-electron chi connectivity index (χ2n) is 4.05. The smallest absolute Gasteiger partial charge is 0.123 e. The summed E-state index contributed by atoms with van der Waals surface area (Å²) in [6.07, 6.45) is 5.18. The summed E-state index contributed by atoms with van der Waals surface area (Å²) >= 11 is 1.69. The average molecular weight is 277 g/mol. The van der Waals surface area contributed by atoms with E-state index in [2.05, 4.69) is 22.2 Å². The Bertz CT molecular complexity index is 490. The van der Waals surface area contributed by atoms with Gasteiger partial charge in [-0.15, -0.1) is 11.8 Å². The second-order valence-corrected chi connectivity index (χ2v) is 5.14. The Balaban J connectivity index is 1.99. The molecule has 1 heterocycles. The lowest BCUT2D eigenvalue weighted by Gasteiger charge is -2.17. The highest BCUT2D eigenvalue weighted by Gasteiger charge is 2.11. The number of hydrogen-bond donors (Lipinski definition) is 1. The van der Waals surface area contributed by atoms with E-state index < -0.39 is 0 Å². The Morgan fingerprint density at radius 2 is 1.89 bits per heavy atom. The minimum atomic E-state index is -0.205. The molecule has 0 bridgehead atoms. The first-order valence-electron chi connectivity index (χ1n) is 6.16. The molecular weight excluding hydrogens is 261 g/mol. The van der Waals surface area contributed by atoms with Gasteiger partial charge in [0.2, 0.25) is 0 Å². The Morgan fingerprint density at radius 3 is 2.53 bits per heavy atom. The van der Waals surface area contributed by atoms with Gasteiger partial charge in [0.15, 0.2) is 0 Å². The van der Waals surface area contributed by atoms with E-state index in [1.54, 1.807) is 23.9 Å². The SMILES string of the molecule is CCNC(CSc1ccc(F)cc1)c1cncnc1. The largest absolute Gasteiger partial charge is 0.309 e. The van der Waals surface area contributed by atoms with E-state index in [4.69, 9.17) is 0 Å². The predicted octanol–water partition coefficient (Wildman–Crippen LogP) is 3.06. The van der Waals surface area contributed by atoms with Gasteiger partial charge in [0, 0.05) is 34.6 Å². The molecule has 2 aromatic rings. The van der Waals surface area contributed by atoms with Crippen LogP contribution in [0.25, 0.3) is 0 Å². The van der Waals surface area contributed by atoms with Gasteiger partial charge >= 0.3 is 0 Å². The Morgan fingerprint density at radius 1 is 1.21 bits per heavy atom. The fraction of sp³-hybridized carbons (Fsp3) is 0.286. The molecule has 0 aliphatic rings. The van der Waals surface area contributed by atoms with Gasteiger partial charge in [0.05, 0.1) is 0 Å². The zero-order valence-electron chi connectivity index (χ0n) is 10.7. The maximum Gasteiger partial charge on any atom is 0.123 e. The molecule has 0 spiro atoms. The van der Waals surface area contributed by atoms with Crippen molar-refractivity contribution in [1.82, 2.24) is 15.3 Å². The van der Waals surface area contributed by atoms with Crippen molar-refractivity contribution in [1.29, 1.82) is 0 Å². The first kappa shape index (κ1) is 14.0. The van der Waals surface area contributed by atoms with Crippen molar-refractivity contribution in [3.63, 3.8) is 0 Å². The fourth-order valence-electron chi connectivity index (χ4n) is 1.72. The highest BCUT2D eigenvalue weighted by molar-refractivity contribution is 7.99. The number of nitrogens with one attached hydrogen (secondary N) is 1. The average Bonchev–Trinajstić information content (AvgIpc) is 2.46. The van der Waals surface area contributed by atoms with E-state index in [0.717, 1.165) is 22.8 Å². The van der Waals surface area contributed by atoms with Gasteiger partial charge in [-0.2, -0.15) is 0 Å². The summed E-state index contributed by atoms with van der Waals surface area (Å²) in [7, 11) is 0. The number of thioether (sulfide) groups is 1. The van der Waals surface area contributed by atoms with Crippen molar-refractivity contribution in [2.75, 3.05) is 12.3 Å². The molecule has 5 heteroatoms. The number of rotatable bonds is 6. The molecule has 100 valence electrons. The molecule has 1 unspecified atom stereocenters. The third-order valence-electron chi connectivity index (χ3n) is 2.66. The maximum atomic E-state index is 12.8. The van der Waals surface area contributed by atoms with Crippen LogP contribution in [0.15, 0.2) is 47.9 Å². The zero-order valence-corrected chi connectivity index (χ0v) is 11.5. The zero-order chi connectivity index (χ0) is 13.5. The summed E-state index contributed by atoms with van der Waals surface area (Å²) in [5.41, 5.74) is 1.07. The van der Waals surface area contributed by atoms with Crippen LogP contribution < -0.4 is 5.32 Å². The molecule has 0 saturated heterocycles. The van der Waals surface area contributed by atoms with E-state index in [-0.39, 0.29) is 11.9 Å². The summed E-state index contributed by atoms with van der Waals surface area (Å²) in [5.74, 6) is 0.649. The van der Waals surface area contributed by atoms with Crippen molar-refractivity contribution in [2.24, 2.45) is 0 Å². The number of nitrogens with zero attached hydrogens (tertiary/aromatic N) is 2. The lowest BCUT2D eigenvalue weighted by Crippen LogP contribution is -2.23. The van der Waals surface area contributed by atoms with Gasteiger partial charge in [-0.3, -0.25) is 0 Å².